The van der Waals surface area contributed by atoms with Gasteiger partial charge in [-0.25, -0.2) is 24.5 Å². The Morgan fingerprint density at radius 2 is 1.00 bits per heavy atom. The predicted octanol–water partition coefficient (Wildman–Crippen LogP) is 13.5. The summed E-state index contributed by atoms with van der Waals surface area (Å²) in [6.07, 6.45) is 27.1. The van der Waals surface area contributed by atoms with Crippen molar-refractivity contribution in [3.8, 4) is 0 Å². The fourth-order valence-electron chi connectivity index (χ4n) is 7.57. The highest BCUT2D eigenvalue weighted by Crippen LogP contribution is 2.30. The van der Waals surface area contributed by atoms with Crippen molar-refractivity contribution in [1.82, 2.24) is 19.5 Å². The maximum Gasteiger partial charge on any atom is 0.338 e. The van der Waals surface area contributed by atoms with Crippen LogP contribution in [0.5, 0.6) is 0 Å². The van der Waals surface area contributed by atoms with E-state index in [1.807, 2.05) is 6.92 Å². The van der Waals surface area contributed by atoms with Gasteiger partial charge in [-0.15, -0.1) is 0 Å². The molecule has 0 atom stereocenters. The Kier molecular flexibility index (Phi) is 27.2. The summed E-state index contributed by atoms with van der Waals surface area (Å²) in [6.45, 7) is 7.23. The van der Waals surface area contributed by atoms with E-state index in [2.05, 4.69) is 39.4 Å². The number of benzene rings is 2. The third-order valence-electron chi connectivity index (χ3n) is 11.6. The van der Waals surface area contributed by atoms with Crippen LogP contribution in [0.1, 0.15) is 189 Å². The summed E-state index contributed by atoms with van der Waals surface area (Å²) < 4.78 is 17.7. The van der Waals surface area contributed by atoms with Gasteiger partial charge in [0.2, 0.25) is 0 Å². The largest absolute Gasteiger partial charge is 0.465 e. The number of carbonyl (C=O) groups excluding carboxylic acids is 5. The summed E-state index contributed by atoms with van der Waals surface area (Å²) in [5, 5.41) is 5.94. The van der Waals surface area contributed by atoms with E-state index < -0.39 is 35.8 Å². The lowest BCUT2D eigenvalue weighted by Gasteiger charge is -2.20. The molecule has 0 unspecified atom stereocenters. The molecule has 0 saturated heterocycles. The standard InChI is InChI=1S/C52H72Cl2N6O8S/c1-4-7-10-12-14-16-18-20-22-24-31-67-51(64)38-26-28-40(53)42(33-38)58-48(62)46(60-37-57-45-47(60)55-36-56-50(45)69-35-44(61)66-30-9-6-3)49(63)59-43-34-39(27-29-41(43)54)52(65)68-32-25-23-21-19-17-15-13-11-8-5-2/h26-29,33-34,36-37,46H,4-25,30-32,35H2,1-3H3,(H,58,62)(H,59,63). The first-order valence-corrected chi connectivity index (χ1v) is 26.8. The predicted molar refractivity (Wildman–Crippen MR) is 275 cm³/mol. The smallest absolute Gasteiger partial charge is 0.338 e. The van der Waals surface area contributed by atoms with E-state index in [4.69, 9.17) is 37.4 Å². The Balaban J connectivity index is 1.47. The van der Waals surface area contributed by atoms with Crippen LogP contribution in [0.25, 0.3) is 11.2 Å². The highest BCUT2D eigenvalue weighted by Gasteiger charge is 2.33. The molecule has 0 aliphatic heterocycles. The molecular weight excluding hydrogens is 940 g/mol. The van der Waals surface area contributed by atoms with Crippen LogP contribution in [-0.4, -0.2) is 74.8 Å². The number of esters is 3. The van der Waals surface area contributed by atoms with Gasteiger partial charge < -0.3 is 24.8 Å². The topological polar surface area (TPSA) is 181 Å². The van der Waals surface area contributed by atoms with E-state index in [1.165, 1.54) is 131 Å². The van der Waals surface area contributed by atoms with Crippen molar-refractivity contribution in [1.29, 1.82) is 0 Å². The number of unbranched alkanes of at least 4 members (excludes halogenated alkanes) is 19. The number of carbonyl (C=O) groups is 5. The van der Waals surface area contributed by atoms with Crippen molar-refractivity contribution in [2.75, 3.05) is 36.2 Å². The number of amides is 2. The average molecular weight is 1010 g/mol. The van der Waals surface area contributed by atoms with Crippen molar-refractivity contribution in [3.05, 3.63) is 70.2 Å². The normalized spacial score (nSPS) is 11.2. The highest BCUT2D eigenvalue weighted by molar-refractivity contribution is 8.00. The maximum atomic E-state index is 14.5. The zero-order valence-electron chi connectivity index (χ0n) is 40.8. The number of nitrogens with zero attached hydrogens (tertiary/aromatic N) is 4. The van der Waals surface area contributed by atoms with Crippen LogP contribution in [0.4, 0.5) is 11.4 Å². The van der Waals surface area contributed by atoms with Gasteiger partial charge in [0.15, 0.2) is 11.7 Å². The van der Waals surface area contributed by atoms with Gasteiger partial charge in [-0.2, -0.15) is 0 Å². The molecule has 2 N–H and O–H groups in total. The number of halogens is 2. The molecule has 4 aromatic rings. The molecule has 2 aromatic carbocycles. The molecule has 2 amide bonds. The van der Waals surface area contributed by atoms with Gasteiger partial charge in [-0.3, -0.25) is 19.0 Å². The first-order chi connectivity index (χ1) is 33.6. The number of hydrogen-bond donors (Lipinski definition) is 2. The van der Waals surface area contributed by atoms with E-state index >= 15 is 0 Å². The quantitative estimate of drug-likeness (QED) is 0.0111. The third kappa shape index (κ3) is 20.3. The minimum atomic E-state index is -1.72. The number of imidazole rings is 1. The van der Waals surface area contributed by atoms with Crippen LogP contribution in [0.3, 0.4) is 0 Å². The molecule has 0 saturated carbocycles. The van der Waals surface area contributed by atoms with Crippen LogP contribution in [0, 0.1) is 0 Å². The number of rotatable bonds is 35. The molecule has 0 aliphatic carbocycles. The molecule has 2 heterocycles. The number of nitrogens with one attached hydrogen (secondary N) is 2. The summed E-state index contributed by atoms with van der Waals surface area (Å²) in [6, 6.07) is 6.98. The summed E-state index contributed by atoms with van der Waals surface area (Å²) in [7, 11) is 0. The fraction of sp³-hybridized carbons (Fsp3) is 0.577. The summed E-state index contributed by atoms with van der Waals surface area (Å²) in [4.78, 5) is 80.8. The lowest BCUT2D eigenvalue weighted by molar-refractivity contribution is -0.140. The van der Waals surface area contributed by atoms with Gasteiger partial charge in [0.05, 0.1) is 64.4 Å². The molecule has 0 aliphatic rings. The fourth-order valence-corrected chi connectivity index (χ4v) is 8.64. The first kappa shape index (κ1) is 56.9. The van der Waals surface area contributed by atoms with Gasteiger partial charge in [-0.05, 0) is 55.7 Å². The number of thioether (sulfide) groups is 1. The second-order valence-electron chi connectivity index (χ2n) is 17.3. The van der Waals surface area contributed by atoms with Crippen LogP contribution in [0.2, 0.25) is 10.0 Å². The van der Waals surface area contributed by atoms with Crippen molar-refractivity contribution in [3.63, 3.8) is 0 Å². The molecule has 0 spiro atoms. The van der Waals surface area contributed by atoms with Crippen molar-refractivity contribution >= 4 is 87.2 Å². The van der Waals surface area contributed by atoms with Gasteiger partial charge in [0.25, 0.3) is 11.8 Å². The molecule has 378 valence electrons. The lowest BCUT2D eigenvalue weighted by atomic mass is 10.1. The van der Waals surface area contributed by atoms with Gasteiger partial charge in [0.1, 0.15) is 16.9 Å². The van der Waals surface area contributed by atoms with Crippen LogP contribution in [0.15, 0.2) is 54.1 Å². The molecule has 0 fully saturated rings. The second-order valence-corrected chi connectivity index (χ2v) is 19.1. The van der Waals surface area contributed by atoms with Crippen molar-refractivity contribution < 1.29 is 38.2 Å². The average Bonchev–Trinajstić information content (AvgIpc) is 3.77. The van der Waals surface area contributed by atoms with Crippen LogP contribution in [-0.2, 0) is 28.6 Å². The van der Waals surface area contributed by atoms with Gasteiger partial charge in [0, 0.05) is 0 Å². The zero-order chi connectivity index (χ0) is 49.6. The lowest BCUT2D eigenvalue weighted by Crippen LogP contribution is -2.36. The minimum absolute atomic E-state index is 0.0508. The third-order valence-corrected chi connectivity index (χ3v) is 13.2. The maximum absolute atomic E-state index is 14.5. The molecule has 17 heteroatoms. The monoisotopic (exact) mass is 1010 g/mol. The Bertz CT molecular complexity index is 2120. The summed E-state index contributed by atoms with van der Waals surface area (Å²) in [5.74, 6) is -3.40. The van der Waals surface area contributed by atoms with E-state index in [1.54, 1.807) is 0 Å². The Morgan fingerprint density at radius 1 is 0.565 bits per heavy atom. The SMILES string of the molecule is CCCCCCCCCCCCOC(=O)c1ccc(Cl)c(NC(=O)C(C(=O)Nc2cc(C(=O)OCCCCCCCCCCCC)ccc2Cl)n2cnc3c(SCC(=O)OCCCC)ncnc32)c1. The Labute approximate surface area is 422 Å². The van der Waals surface area contributed by atoms with E-state index in [0.29, 0.717) is 11.6 Å². The highest BCUT2D eigenvalue weighted by atomic mass is 35.5. The van der Waals surface area contributed by atoms with Crippen molar-refractivity contribution in [2.45, 2.75) is 173 Å². The van der Waals surface area contributed by atoms with Gasteiger partial charge in [-0.1, -0.05) is 178 Å². The van der Waals surface area contributed by atoms with E-state index in [-0.39, 0.29) is 62.7 Å². The Morgan fingerprint density at radius 3 is 1.46 bits per heavy atom. The first-order valence-electron chi connectivity index (χ1n) is 25.1. The number of aromatic nitrogens is 4. The van der Waals surface area contributed by atoms with Gasteiger partial charge >= 0.3 is 17.9 Å². The minimum Gasteiger partial charge on any atom is -0.465 e. The Hall–Kier alpha value is -4.73. The number of fused-ring (bicyclic) bond motifs is 1. The number of ether oxygens (including phenoxy) is 3. The second kappa shape index (κ2) is 33.0. The molecule has 2 aromatic heterocycles. The number of hydrogen-bond acceptors (Lipinski definition) is 12. The molecular formula is C52H72Cl2N6O8S. The zero-order valence-corrected chi connectivity index (χ0v) is 43.1. The van der Waals surface area contributed by atoms with E-state index in [9.17, 15) is 24.0 Å². The number of anilines is 2. The molecule has 4 rings (SSSR count). The molecule has 69 heavy (non-hydrogen) atoms. The summed E-state index contributed by atoms with van der Waals surface area (Å²) in [5.41, 5.74) is 0.742. The van der Waals surface area contributed by atoms with Crippen molar-refractivity contribution in [2.24, 2.45) is 0 Å². The summed E-state index contributed by atoms with van der Waals surface area (Å²) >= 11 is 14.2. The van der Waals surface area contributed by atoms with Crippen LogP contribution >= 0.6 is 35.0 Å². The molecule has 0 radical (unpaired) electrons. The van der Waals surface area contributed by atoms with Crippen LogP contribution < -0.4 is 10.6 Å². The van der Waals surface area contributed by atoms with E-state index in [0.717, 1.165) is 76.0 Å². The molecule has 14 nitrogen and oxygen atoms in total. The molecule has 0 bridgehead atoms.